The van der Waals surface area contributed by atoms with Gasteiger partial charge in [0.05, 0.1) is 36.0 Å². The summed E-state index contributed by atoms with van der Waals surface area (Å²) < 4.78 is 19.5. The second-order valence-electron chi connectivity index (χ2n) is 9.19. The van der Waals surface area contributed by atoms with Crippen LogP contribution < -0.4 is 21.3 Å². The third-order valence-electron chi connectivity index (χ3n) is 5.21. The van der Waals surface area contributed by atoms with Gasteiger partial charge < -0.3 is 31.1 Å². The van der Waals surface area contributed by atoms with Crippen LogP contribution in [0.4, 0.5) is 27.7 Å². The molecule has 0 aromatic carbocycles. The van der Waals surface area contributed by atoms with Gasteiger partial charge in [-0.15, -0.1) is 0 Å². The van der Waals surface area contributed by atoms with Gasteiger partial charge in [0.2, 0.25) is 5.95 Å². The minimum absolute atomic E-state index is 0.0414. The summed E-state index contributed by atoms with van der Waals surface area (Å²) in [7, 11) is 0. The number of ether oxygens (including phenoxy) is 1. The first-order chi connectivity index (χ1) is 16.1. The zero-order valence-corrected chi connectivity index (χ0v) is 20.1. The summed E-state index contributed by atoms with van der Waals surface area (Å²) in [5, 5.41) is 21.9. The predicted molar refractivity (Wildman–Crippen MR) is 129 cm³/mol. The molecule has 10 nitrogen and oxygen atoms in total. The number of nitrogens with zero attached hydrogens (tertiary/aromatic N) is 3. The molecule has 2 aromatic rings. The Morgan fingerprint density at radius 3 is 2.79 bits per heavy atom. The highest BCUT2D eigenvalue weighted by atomic mass is 19.1. The van der Waals surface area contributed by atoms with Crippen LogP contribution >= 0.6 is 0 Å². The molecular weight excluding hydrogens is 441 g/mol. The normalized spacial score (nSPS) is 17.2. The van der Waals surface area contributed by atoms with Crippen LogP contribution in [0.5, 0.6) is 0 Å². The molecule has 0 saturated carbocycles. The van der Waals surface area contributed by atoms with Crippen LogP contribution in [0, 0.1) is 0 Å². The molecule has 2 aromatic heterocycles. The lowest BCUT2D eigenvalue weighted by atomic mass is 10.0. The zero-order valence-electron chi connectivity index (χ0n) is 20.1. The summed E-state index contributed by atoms with van der Waals surface area (Å²) in [5.41, 5.74) is -0.743. The van der Waals surface area contributed by atoms with Gasteiger partial charge in [0, 0.05) is 31.1 Å². The van der Waals surface area contributed by atoms with Crippen molar-refractivity contribution >= 4 is 29.2 Å². The smallest absolute Gasteiger partial charge is 0.255 e. The van der Waals surface area contributed by atoms with E-state index in [0.29, 0.717) is 29.9 Å². The average molecular weight is 476 g/mol. The number of anilines is 4. The lowest BCUT2D eigenvalue weighted by molar-refractivity contribution is -0.00177. The Kier molecular flexibility index (Phi) is 8.56. The van der Waals surface area contributed by atoms with E-state index < -0.39 is 17.7 Å². The summed E-state index contributed by atoms with van der Waals surface area (Å²) in [6.45, 7) is 7.68. The fourth-order valence-corrected chi connectivity index (χ4v) is 3.33. The van der Waals surface area contributed by atoms with Crippen molar-refractivity contribution in [1.29, 1.82) is 0 Å². The molecule has 1 aliphatic rings. The van der Waals surface area contributed by atoms with Gasteiger partial charge in [0.25, 0.3) is 5.91 Å². The molecule has 1 amide bonds. The van der Waals surface area contributed by atoms with Crippen LogP contribution in [0.25, 0.3) is 0 Å². The highest BCUT2D eigenvalue weighted by Crippen LogP contribution is 2.23. The molecule has 1 fully saturated rings. The maximum atomic E-state index is 14.1. The number of hydrogen-bond acceptors (Lipinski definition) is 9. The number of pyridine rings is 1. The predicted octanol–water partition coefficient (Wildman–Crippen LogP) is 2.87. The van der Waals surface area contributed by atoms with E-state index >= 15 is 0 Å². The van der Waals surface area contributed by atoms with E-state index in [0.717, 1.165) is 19.4 Å². The molecule has 34 heavy (non-hydrogen) atoms. The molecule has 1 saturated heterocycles. The molecule has 1 aliphatic heterocycles. The summed E-state index contributed by atoms with van der Waals surface area (Å²) in [6.07, 6.45) is 3.45. The Morgan fingerprint density at radius 1 is 1.32 bits per heavy atom. The van der Waals surface area contributed by atoms with Crippen molar-refractivity contribution in [3.63, 3.8) is 0 Å². The number of amides is 1. The summed E-state index contributed by atoms with van der Waals surface area (Å²) in [4.78, 5) is 25.8. The quantitative estimate of drug-likeness (QED) is 0.352. The SMILES string of the molecule is CC(C)Nc1cc(Nc2ccnc(NC3CCCOC3)n2)ncc1C(=O)NCC(F)C(C)(C)O. The summed E-state index contributed by atoms with van der Waals surface area (Å²) >= 11 is 0. The number of alkyl halides is 1. The molecule has 3 rings (SSSR count). The fourth-order valence-electron chi connectivity index (χ4n) is 3.33. The number of halogens is 1. The van der Waals surface area contributed by atoms with E-state index in [1.807, 2.05) is 13.8 Å². The first kappa shape index (κ1) is 25.6. The molecule has 11 heteroatoms. The topological polar surface area (TPSA) is 133 Å². The number of carbonyl (C=O) groups excluding carboxylic acids is 1. The van der Waals surface area contributed by atoms with E-state index in [9.17, 15) is 14.3 Å². The molecule has 0 spiro atoms. The molecule has 2 unspecified atom stereocenters. The third kappa shape index (κ3) is 7.49. The Labute approximate surface area is 199 Å². The largest absolute Gasteiger partial charge is 0.387 e. The lowest BCUT2D eigenvalue weighted by Crippen LogP contribution is -2.42. The van der Waals surface area contributed by atoms with Crippen LogP contribution in [0.3, 0.4) is 0 Å². The molecule has 0 bridgehead atoms. The molecule has 186 valence electrons. The van der Waals surface area contributed by atoms with Gasteiger partial charge in [-0.3, -0.25) is 4.79 Å². The molecule has 3 heterocycles. The van der Waals surface area contributed by atoms with Crippen molar-refractivity contribution in [2.24, 2.45) is 0 Å². The van der Waals surface area contributed by atoms with Gasteiger partial charge in [0.1, 0.15) is 17.8 Å². The van der Waals surface area contributed by atoms with Gasteiger partial charge >= 0.3 is 0 Å². The number of hydrogen-bond donors (Lipinski definition) is 5. The fraction of sp³-hybridized carbons (Fsp3) is 0.565. The zero-order chi connectivity index (χ0) is 24.7. The summed E-state index contributed by atoms with van der Waals surface area (Å²) in [5.74, 6) is 1.02. The van der Waals surface area contributed by atoms with Crippen molar-refractivity contribution in [1.82, 2.24) is 20.3 Å². The van der Waals surface area contributed by atoms with Crippen LogP contribution in [0.1, 0.15) is 50.9 Å². The molecule has 0 radical (unpaired) electrons. The Morgan fingerprint density at radius 2 is 2.12 bits per heavy atom. The van der Waals surface area contributed by atoms with Crippen LogP contribution in [0.15, 0.2) is 24.5 Å². The van der Waals surface area contributed by atoms with Gasteiger partial charge in [0.15, 0.2) is 0 Å². The number of nitrogens with one attached hydrogen (secondary N) is 4. The van der Waals surface area contributed by atoms with Gasteiger partial charge in [-0.25, -0.2) is 14.4 Å². The molecular formula is C23H34FN7O3. The van der Waals surface area contributed by atoms with Crippen molar-refractivity contribution in [2.45, 2.75) is 64.4 Å². The van der Waals surface area contributed by atoms with Gasteiger partial charge in [-0.2, -0.15) is 4.98 Å². The molecule has 2 atom stereocenters. The Bertz CT molecular complexity index is 962. The van der Waals surface area contributed by atoms with Crippen molar-refractivity contribution in [2.75, 3.05) is 35.7 Å². The third-order valence-corrected chi connectivity index (χ3v) is 5.21. The minimum Gasteiger partial charge on any atom is -0.387 e. The summed E-state index contributed by atoms with van der Waals surface area (Å²) in [6, 6.07) is 3.63. The Balaban J connectivity index is 1.71. The Hall–Kier alpha value is -3.05. The molecule has 5 N–H and O–H groups in total. The van der Waals surface area contributed by atoms with Gasteiger partial charge in [-0.05, 0) is 46.6 Å². The lowest BCUT2D eigenvalue weighted by Gasteiger charge is -2.23. The maximum Gasteiger partial charge on any atom is 0.255 e. The van der Waals surface area contributed by atoms with Crippen LogP contribution in [0.2, 0.25) is 0 Å². The highest BCUT2D eigenvalue weighted by molar-refractivity contribution is 5.99. The van der Waals surface area contributed by atoms with E-state index in [-0.39, 0.29) is 24.2 Å². The monoisotopic (exact) mass is 475 g/mol. The first-order valence-corrected chi connectivity index (χ1v) is 11.5. The maximum absolute atomic E-state index is 14.1. The second kappa shape index (κ2) is 11.4. The minimum atomic E-state index is -1.60. The van der Waals surface area contributed by atoms with E-state index in [4.69, 9.17) is 4.74 Å². The van der Waals surface area contributed by atoms with Crippen molar-refractivity contribution in [3.8, 4) is 0 Å². The van der Waals surface area contributed by atoms with Crippen LogP contribution in [-0.2, 0) is 4.74 Å². The highest BCUT2D eigenvalue weighted by Gasteiger charge is 2.27. The molecule has 0 aliphatic carbocycles. The second-order valence-corrected chi connectivity index (χ2v) is 9.19. The first-order valence-electron chi connectivity index (χ1n) is 11.5. The number of aliphatic hydroxyl groups is 1. The van der Waals surface area contributed by atoms with Crippen molar-refractivity contribution in [3.05, 3.63) is 30.1 Å². The number of aromatic nitrogens is 3. The van der Waals surface area contributed by atoms with E-state index in [1.165, 1.54) is 20.0 Å². The van der Waals surface area contributed by atoms with Gasteiger partial charge in [-0.1, -0.05) is 0 Å². The standard InChI is InChI=1S/C23H34FN7O3/c1-14(2)28-17-10-20(26-11-16(17)21(32)27-12-18(24)23(3,4)33)30-19-7-8-25-22(31-19)29-15-6-5-9-34-13-15/h7-8,10-11,14-15,18,33H,5-6,9,12-13H2,1-4H3,(H,27,32)(H3,25,26,28,29,30,31). The van der Waals surface area contributed by atoms with Crippen molar-refractivity contribution < 1.29 is 19.0 Å². The number of rotatable bonds is 10. The van der Waals surface area contributed by atoms with E-state index in [2.05, 4.69) is 36.2 Å². The average Bonchev–Trinajstić information content (AvgIpc) is 2.77. The van der Waals surface area contributed by atoms with E-state index in [1.54, 1.807) is 18.3 Å². The van der Waals surface area contributed by atoms with Crippen LogP contribution in [-0.4, -0.2) is 69.6 Å². The number of carbonyl (C=O) groups is 1.